The van der Waals surface area contributed by atoms with Crippen molar-refractivity contribution in [2.24, 2.45) is 0 Å². The van der Waals surface area contributed by atoms with Crippen molar-refractivity contribution in [1.29, 1.82) is 0 Å². The van der Waals surface area contributed by atoms with E-state index in [4.69, 9.17) is 11.6 Å². The molecule has 0 amide bonds. The monoisotopic (exact) mass is 272 g/mol. The van der Waals surface area contributed by atoms with Gasteiger partial charge < -0.3 is 0 Å². The molecule has 0 fully saturated rings. The van der Waals surface area contributed by atoms with Crippen LogP contribution in [0.2, 0.25) is 0 Å². The number of unbranched alkanes of at least 4 members (excludes halogenated alkanes) is 1. The van der Waals surface area contributed by atoms with Gasteiger partial charge in [-0.15, -0.1) is 11.6 Å². The molecule has 1 unspecified atom stereocenters. The van der Waals surface area contributed by atoms with Gasteiger partial charge in [0.1, 0.15) is 0 Å². The van der Waals surface area contributed by atoms with Gasteiger partial charge in [-0.2, -0.15) is 0 Å². The third kappa shape index (κ3) is 3.66. The molecule has 0 aromatic heterocycles. The molecule has 0 aliphatic rings. The summed E-state index contributed by atoms with van der Waals surface area (Å²) in [5.41, 5.74) is -0.186. The Labute approximate surface area is 109 Å². The smallest absolute Gasteiger partial charge is 0.258 e. The van der Waals surface area contributed by atoms with Crippen LogP contribution in [0.5, 0.6) is 0 Å². The SMILES string of the molecule is CCCCC(Cl)c1cc([N+](=O)[O-])cc([N+](=O)[O-])c1. The predicted molar refractivity (Wildman–Crippen MR) is 67.9 cm³/mol. The zero-order valence-electron chi connectivity index (χ0n) is 9.84. The lowest BCUT2D eigenvalue weighted by molar-refractivity contribution is -0.394. The molecule has 0 aliphatic carbocycles. The summed E-state index contributed by atoms with van der Waals surface area (Å²) in [6, 6.07) is 3.52. The van der Waals surface area contributed by atoms with Crippen LogP contribution in [0.4, 0.5) is 11.4 Å². The molecular weight excluding hydrogens is 260 g/mol. The lowest BCUT2D eigenvalue weighted by Gasteiger charge is -2.08. The molecule has 0 aliphatic heterocycles. The standard InChI is InChI=1S/C11H13ClN2O4/c1-2-3-4-11(12)8-5-9(13(15)16)7-10(6-8)14(17)18/h5-7,11H,2-4H2,1H3. The molecule has 0 bridgehead atoms. The minimum Gasteiger partial charge on any atom is -0.258 e. The third-order valence-electron chi connectivity index (χ3n) is 2.52. The second kappa shape index (κ2) is 6.30. The Morgan fingerprint density at radius 3 is 2.06 bits per heavy atom. The van der Waals surface area contributed by atoms with Crippen molar-refractivity contribution in [2.45, 2.75) is 31.6 Å². The van der Waals surface area contributed by atoms with Gasteiger partial charge in [0, 0.05) is 12.1 Å². The Balaban J connectivity index is 3.10. The highest BCUT2D eigenvalue weighted by Crippen LogP contribution is 2.32. The quantitative estimate of drug-likeness (QED) is 0.445. The Kier molecular flexibility index (Phi) is 5.03. The average molecular weight is 273 g/mol. The summed E-state index contributed by atoms with van der Waals surface area (Å²) in [6.45, 7) is 2.00. The van der Waals surface area contributed by atoms with Gasteiger partial charge in [0.2, 0.25) is 0 Å². The molecule has 1 rings (SSSR count). The molecular formula is C11H13ClN2O4. The van der Waals surface area contributed by atoms with Crippen LogP contribution in [0, 0.1) is 20.2 Å². The van der Waals surface area contributed by atoms with Gasteiger partial charge in [0.15, 0.2) is 0 Å². The molecule has 1 aromatic rings. The van der Waals surface area contributed by atoms with Crippen LogP contribution in [0.3, 0.4) is 0 Å². The van der Waals surface area contributed by atoms with E-state index in [2.05, 4.69) is 0 Å². The van der Waals surface area contributed by atoms with Gasteiger partial charge in [-0.05, 0) is 12.0 Å². The number of halogens is 1. The first-order valence-corrected chi connectivity index (χ1v) is 5.97. The number of nitro groups is 2. The Bertz CT molecular complexity index is 432. The summed E-state index contributed by atoms with van der Waals surface area (Å²) in [4.78, 5) is 20.1. The molecule has 98 valence electrons. The van der Waals surface area contributed by atoms with E-state index in [0.29, 0.717) is 12.0 Å². The summed E-state index contributed by atoms with van der Waals surface area (Å²) < 4.78 is 0. The molecule has 1 aromatic carbocycles. The molecule has 0 heterocycles. The molecule has 6 nitrogen and oxygen atoms in total. The average Bonchev–Trinajstić information content (AvgIpc) is 2.35. The van der Waals surface area contributed by atoms with Gasteiger partial charge in [-0.1, -0.05) is 19.8 Å². The van der Waals surface area contributed by atoms with Gasteiger partial charge in [-0.3, -0.25) is 20.2 Å². The van der Waals surface area contributed by atoms with Gasteiger partial charge >= 0.3 is 0 Å². The lowest BCUT2D eigenvalue weighted by atomic mass is 10.1. The van der Waals surface area contributed by atoms with Crippen molar-refractivity contribution in [3.05, 3.63) is 44.0 Å². The predicted octanol–water partition coefficient (Wildman–Crippen LogP) is 3.97. The molecule has 7 heteroatoms. The largest absolute Gasteiger partial charge is 0.276 e. The van der Waals surface area contributed by atoms with Crippen LogP contribution in [0.25, 0.3) is 0 Å². The number of hydrogen-bond acceptors (Lipinski definition) is 4. The molecule has 0 N–H and O–H groups in total. The summed E-state index contributed by atoms with van der Waals surface area (Å²) in [5.74, 6) is 0. The topological polar surface area (TPSA) is 86.3 Å². The fraction of sp³-hybridized carbons (Fsp3) is 0.455. The fourth-order valence-electron chi connectivity index (χ4n) is 1.56. The maximum Gasteiger partial charge on any atom is 0.276 e. The van der Waals surface area contributed by atoms with E-state index in [9.17, 15) is 20.2 Å². The number of alkyl halides is 1. The second-order valence-corrected chi connectivity index (χ2v) is 4.43. The highest BCUT2D eigenvalue weighted by molar-refractivity contribution is 6.20. The van der Waals surface area contributed by atoms with Crippen LogP contribution in [-0.2, 0) is 0 Å². The van der Waals surface area contributed by atoms with Crippen molar-refractivity contribution in [2.75, 3.05) is 0 Å². The van der Waals surface area contributed by atoms with E-state index in [1.165, 1.54) is 12.1 Å². The van der Waals surface area contributed by atoms with Gasteiger partial charge in [-0.25, -0.2) is 0 Å². The summed E-state index contributed by atoms with van der Waals surface area (Å²) >= 11 is 6.09. The van der Waals surface area contributed by atoms with E-state index in [0.717, 1.165) is 18.9 Å². The van der Waals surface area contributed by atoms with Gasteiger partial charge in [0.25, 0.3) is 11.4 Å². The molecule has 1 atom stereocenters. The summed E-state index contributed by atoms with van der Waals surface area (Å²) in [5, 5.41) is 21.0. The lowest BCUT2D eigenvalue weighted by Crippen LogP contribution is -1.97. The van der Waals surface area contributed by atoms with Crippen molar-refractivity contribution < 1.29 is 9.85 Å². The van der Waals surface area contributed by atoms with Crippen molar-refractivity contribution in [1.82, 2.24) is 0 Å². The summed E-state index contributed by atoms with van der Waals surface area (Å²) in [6.07, 6.45) is 2.45. The van der Waals surface area contributed by atoms with Crippen LogP contribution in [0.1, 0.15) is 37.1 Å². The Hall–Kier alpha value is -1.69. The highest BCUT2D eigenvalue weighted by atomic mass is 35.5. The molecule has 0 spiro atoms. The Morgan fingerprint density at radius 1 is 1.17 bits per heavy atom. The zero-order valence-corrected chi connectivity index (χ0v) is 10.6. The summed E-state index contributed by atoms with van der Waals surface area (Å²) in [7, 11) is 0. The van der Waals surface area contributed by atoms with E-state index in [1.807, 2.05) is 6.92 Å². The van der Waals surface area contributed by atoms with Crippen LogP contribution < -0.4 is 0 Å². The van der Waals surface area contributed by atoms with E-state index < -0.39 is 15.2 Å². The number of rotatable bonds is 6. The molecule has 18 heavy (non-hydrogen) atoms. The number of nitrogens with zero attached hydrogens (tertiary/aromatic N) is 2. The number of nitro benzene ring substituents is 2. The van der Waals surface area contributed by atoms with Crippen molar-refractivity contribution in [3.8, 4) is 0 Å². The van der Waals surface area contributed by atoms with Crippen LogP contribution in [0.15, 0.2) is 18.2 Å². The van der Waals surface area contributed by atoms with E-state index in [1.54, 1.807) is 0 Å². The van der Waals surface area contributed by atoms with Crippen LogP contribution in [-0.4, -0.2) is 9.85 Å². The Morgan fingerprint density at radius 2 is 1.67 bits per heavy atom. The molecule has 0 radical (unpaired) electrons. The van der Waals surface area contributed by atoms with Crippen molar-refractivity contribution in [3.63, 3.8) is 0 Å². The minimum absolute atomic E-state index is 0.304. The normalized spacial score (nSPS) is 12.1. The maximum absolute atomic E-state index is 10.7. The second-order valence-electron chi connectivity index (χ2n) is 3.91. The van der Waals surface area contributed by atoms with Crippen LogP contribution >= 0.6 is 11.6 Å². The number of benzene rings is 1. The first-order chi connectivity index (χ1) is 8.45. The van der Waals surface area contributed by atoms with Crippen molar-refractivity contribution >= 4 is 23.0 Å². The fourth-order valence-corrected chi connectivity index (χ4v) is 1.84. The maximum atomic E-state index is 10.7. The first-order valence-electron chi connectivity index (χ1n) is 5.53. The first kappa shape index (κ1) is 14.4. The molecule has 0 saturated carbocycles. The van der Waals surface area contributed by atoms with E-state index >= 15 is 0 Å². The highest BCUT2D eigenvalue weighted by Gasteiger charge is 2.19. The number of non-ortho nitro benzene ring substituents is 2. The molecule has 0 saturated heterocycles. The number of hydrogen-bond donors (Lipinski definition) is 0. The zero-order chi connectivity index (χ0) is 13.7. The van der Waals surface area contributed by atoms with E-state index in [-0.39, 0.29) is 11.4 Å². The minimum atomic E-state index is -0.653. The third-order valence-corrected chi connectivity index (χ3v) is 2.99. The van der Waals surface area contributed by atoms with Gasteiger partial charge in [0.05, 0.1) is 21.3 Å².